The number of nitrogens with zero attached hydrogens (tertiary/aromatic N) is 3. The third-order valence-corrected chi connectivity index (χ3v) is 6.50. The van der Waals surface area contributed by atoms with Crippen LogP contribution in [0.2, 0.25) is 0 Å². The van der Waals surface area contributed by atoms with E-state index in [1.807, 2.05) is 36.5 Å². The molecule has 0 saturated heterocycles. The summed E-state index contributed by atoms with van der Waals surface area (Å²) in [6.07, 6.45) is 10.1. The Hall–Kier alpha value is -3.32. The number of fused-ring (bicyclic) bond motifs is 3. The van der Waals surface area contributed by atoms with Gasteiger partial charge in [-0.25, -0.2) is 4.98 Å². The first-order valence-electron chi connectivity index (χ1n) is 9.69. The van der Waals surface area contributed by atoms with Gasteiger partial charge in [0, 0.05) is 39.9 Å². The molecule has 0 radical (unpaired) electrons. The molecule has 4 heterocycles. The number of carbonyl (C=O) groups is 1. The van der Waals surface area contributed by atoms with Crippen molar-refractivity contribution in [1.82, 2.24) is 20.2 Å². The maximum atomic E-state index is 12.8. The average molecular weight is 458 g/mol. The Kier molecular flexibility index (Phi) is 3.70. The van der Waals surface area contributed by atoms with Crippen LogP contribution in [-0.4, -0.2) is 26.1 Å². The molecule has 1 saturated carbocycles. The SMILES string of the molecule is O=C1Nc2ncc(Br)cc2C12CC2c1ccc2c(/C=C/c3cccnc3)n[nH]c2c1. The molecule has 2 unspecified atom stereocenters. The van der Waals surface area contributed by atoms with Gasteiger partial charge in [0.1, 0.15) is 5.82 Å². The lowest BCUT2D eigenvalue weighted by atomic mass is 9.93. The molecule has 30 heavy (non-hydrogen) atoms. The van der Waals surface area contributed by atoms with Crippen molar-refractivity contribution in [3.05, 3.63) is 81.8 Å². The van der Waals surface area contributed by atoms with Crippen LogP contribution in [0.25, 0.3) is 23.1 Å². The minimum Gasteiger partial charge on any atom is -0.310 e. The Morgan fingerprint density at radius 3 is 2.97 bits per heavy atom. The molecular formula is C23H16BrN5O. The van der Waals surface area contributed by atoms with Crippen molar-refractivity contribution in [1.29, 1.82) is 0 Å². The lowest BCUT2D eigenvalue weighted by Crippen LogP contribution is -2.21. The van der Waals surface area contributed by atoms with E-state index in [1.165, 1.54) is 0 Å². The van der Waals surface area contributed by atoms with E-state index in [0.717, 1.165) is 44.2 Å². The van der Waals surface area contributed by atoms with Crippen LogP contribution in [-0.2, 0) is 10.2 Å². The van der Waals surface area contributed by atoms with Crippen molar-refractivity contribution in [3.63, 3.8) is 0 Å². The molecule has 1 fully saturated rings. The molecule has 6 rings (SSSR count). The molecule has 1 aromatic carbocycles. The predicted octanol–water partition coefficient (Wildman–Crippen LogP) is 4.66. The number of nitrogens with one attached hydrogen (secondary N) is 2. The highest BCUT2D eigenvalue weighted by Gasteiger charge is 2.65. The van der Waals surface area contributed by atoms with Gasteiger partial charge in [-0.15, -0.1) is 0 Å². The Bertz CT molecular complexity index is 1350. The summed E-state index contributed by atoms with van der Waals surface area (Å²) in [5, 5.41) is 11.6. The van der Waals surface area contributed by atoms with Crippen molar-refractivity contribution in [2.45, 2.75) is 17.8 Å². The van der Waals surface area contributed by atoms with Gasteiger partial charge in [0.05, 0.1) is 16.6 Å². The van der Waals surface area contributed by atoms with Crippen LogP contribution < -0.4 is 5.32 Å². The molecular weight excluding hydrogens is 442 g/mol. The summed E-state index contributed by atoms with van der Waals surface area (Å²) in [6.45, 7) is 0. The van der Waals surface area contributed by atoms with Crippen molar-refractivity contribution in [2.24, 2.45) is 0 Å². The van der Waals surface area contributed by atoms with Gasteiger partial charge < -0.3 is 5.32 Å². The molecule has 1 amide bonds. The van der Waals surface area contributed by atoms with E-state index < -0.39 is 5.41 Å². The number of aromatic nitrogens is 4. The van der Waals surface area contributed by atoms with Gasteiger partial charge >= 0.3 is 0 Å². The molecule has 4 aromatic rings. The van der Waals surface area contributed by atoms with Crippen LogP contribution in [0.5, 0.6) is 0 Å². The standard InChI is InChI=1S/C23H16BrN5O/c24-15-9-17-21(26-12-15)27-22(30)23(17)10-18(23)14-4-5-16-19(28-29-20(16)8-14)6-3-13-2-1-7-25-11-13/h1-9,11-12,18H,10H2,(H,28,29)(H,26,27,30)/b6-3+. The number of hydrogen-bond acceptors (Lipinski definition) is 4. The number of amides is 1. The zero-order valence-electron chi connectivity index (χ0n) is 15.8. The summed E-state index contributed by atoms with van der Waals surface area (Å²) in [5.74, 6) is 0.853. The Morgan fingerprint density at radius 1 is 1.17 bits per heavy atom. The normalized spacial score (nSPS) is 22.0. The molecule has 1 spiro atoms. The Morgan fingerprint density at radius 2 is 2.10 bits per heavy atom. The molecule has 3 aromatic heterocycles. The van der Waals surface area contributed by atoms with Crippen LogP contribution in [0.3, 0.4) is 0 Å². The van der Waals surface area contributed by atoms with E-state index in [-0.39, 0.29) is 11.8 Å². The monoisotopic (exact) mass is 457 g/mol. The zero-order valence-corrected chi connectivity index (χ0v) is 17.3. The molecule has 1 aliphatic heterocycles. The highest BCUT2D eigenvalue weighted by Crippen LogP contribution is 2.64. The number of carbonyl (C=O) groups excluding carboxylic acids is 1. The van der Waals surface area contributed by atoms with Crippen LogP contribution in [0, 0.1) is 0 Å². The second-order valence-corrected chi connectivity index (χ2v) is 8.68. The molecule has 0 bridgehead atoms. The Balaban J connectivity index is 1.33. The summed E-state index contributed by atoms with van der Waals surface area (Å²) >= 11 is 3.48. The van der Waals surface area contributed by atoms with Gasteiger partial charge in [-0.1, -0.05) is 24.3 Å². The van der Waals surface area contributed by atoms with Gasteiger partial charge in [0.15, 0.2) is 0 Å². The second-order valence-electron chi connectivity index (χ2n) is 7.77. The maximum absolute atomic E-state index is 12.8. The van der Waals surface area contributed by atoms with Crippen molar-refractivity contribution in [3.8, 4) is 0 Å². The van der Waals surface area contributed by atoms with E-state index in [4.69, 9.17) is 0 Å². The lowest BCUT2D eigenvalue weighted by molar-refractivity contribution is -0.118. The topological polar surface area (TPSA) is 83.6 Å². The highest BCUT2D eigenvalue weighted by atomic mass is 79.9. The fraction of sp³-hybridized carbons (Fsp3) is 0.130. The summed E-state index contributed by atoms with van der Waals surface area (Å²) < 4.78 is 0.886. The number of rotatable bonds is 3. The largest absolute Gasteiger partial charge is 0.310 e. The zero-order chi connectivity index (χ0) is 20.3. The summed E-state index contributed by atoms with van der Waals surface area (Å²) in [4.78, 5) is 21.3. The number of benzene rings is 1. The third kappa shape index (κ3) is 2.55. The van der Waals surface area contributed by atoms with E-state index in [1.54, 1.807) is 12.4 Å². The number of aromatic amines is 1. The maximum Gasteiger partial charge on any atom is 0.236 e. The summed E-state index contributed by atoms with van der Waals surface area (Å²) in [5.41, 5.74) is 4.47. The fourth-order valence-corrected chi connectivity index (χ4v) is 4.82. The lowest BCUT2D eigenvalue weighted by Gasteiger charge is -2.09. The van der Waals surface area contributed by atoms with Crippen LogP contribution in [0.15, 0.2) is 59.5 Å². The van der Waals surface area contributed by atoms with Crippen molar-refractivity contribution < 1.29 is 4.79 Å². The van der Waals surface area contributed by atoms with Gasteiger partial charge in [-0.3, -0.25) is 14.9 Å². The first-order valence-corrected chi connectivity index (χ1v) is 10.5. The van der Waals surface area contributed by atoms with Crippen molar-refractivity contribution in [2.75, 3.05) is 5.32 Å². The Labute approximate surface area is 180 Å². The van der Waals surface area contributed by atoms with E-state index in [2.05, 4.69) is 59.6 Å². The van der Waals surface area contributed by atoms with Gasteiger partial charge in [-0.2, -0.15) is 5.10 Å². The minimum atomic E-state index is -0.511. The van der Waals surface area contributed by atoms with Crippen LogP contribution in [0.4, 0.5) is 5.82 Å². The van der Waals surface area contributed by atoms with Crippen LogP contribution in [0.1, 0.15) is 34.7 Å². The third-order valence-electron chi connectivity index (χ3n) is 6.07. The molecule has 2 N–H and O–H groups in total. The minimum absolute atomic E-state index is 0.0397. The smallest absolute Gasteiger partial charge is 0.236 e. The van der Waals surface area contributed by atoms with E-state index in [9.17, 15) is 4.79 Å². The van der Waals surface area contributed by atoms with Gasteiger partial charge in [0.25, 0.3) is 0 Å². The number of hydrogen-bond donors (Lipinski definition) is 2. The average Bonchev–Trinajstić information content (AvgIpc) is 3.31. The molecule has 146 valence electrons. The first-order chi connectivity index (χ1) is 14.6. The fourth-order valence-electron chi connectivity index (χ4n) is 4.49. The molecule has 2 atom stereocenters. The molecule has 6 nitrogen and oxygen atoms in total. The predicted molar refractivity (Wildman–Crippen MR) is 119 cm³/mol. The molecule has 2 aliphatic rings. The summed E-state index contributed by atoms with van der Waals surface area (Å²) in [7, 11) is 0. The van der Waals surface area contributed by atoms with E-state index >= 15 is 0 Å². The van der Waals surface area contributed by atoms with Crippen LogP contribution >= 0.6 is 15.9 Å². The first kappa shape index (κ1) is 17.5. The highest BCUT2D eigenvalue weighted by molar-refractivity contribution is 9.10. The van der Waals surface area contributed by atoms with E-state index in [0.29, 0.717) is 5.82 Å². The number of halogens is 1. The second kappa shape index (κ2) is 6.34. The summed E-state index contributed by atoms with van der Waals surface area (Å²) in [6, 6.07) is 12.2. The number of anilines is 1. The molecule has 1 aliphatic carbocycles. The quantitative estimate of drug-likeness (QED) is 0.468. The molecule has 7 heteroatoms. The number of H-pyrrole nitrogens is 1. The van der Waals surface area contributed by atoms with Crippen molar-refractivity contribution >= 4 is 50.7 Å². The number of pyridine rings is 2. The van der Waals surface area contributed by atoms with Gasteiger partial charge in [-0.05, 0) is 57.8 Å². The van der Waals surface area contributed by atoms with Gasteiger partial charge in [0.2, 0.25) is 5.91 Å².